The molecule has 4 heteroatoms. The summed E-state index contributed by atoms with van der Waals surface area (Å²) >= 11 is 0. The van der Waals surface area contributed by atoms with E-state index in [4.69, 9.17) is 9.47 Å². The number of carbonyl (C=O) groups excluding carboxylic acids is 1. The third kappa shape index (κ3) is 1.89. The van der Waals surface area contributed by atoms with Gasteiger partial charge in [0.1, 0.15) is 6.10 Å². The lowest BCUT2D eigenvalue weighted by Gasteiger charge is -2.32. The number of fused-ring (bicyclic) bond motifs is 7. The Labute approximate surface area is 130 Å². The van der Waals surface area contributed by atoms with Gasteiger partial charge in [-0.2, -0.15) is 0 Å². The highest BCUT2D eigenvalue weighted by Gasteiger charge is 2.67. The Bertz CT molecular complexity index is 613. The van der Waals surface area contributed by atoms with Crippen molar-refractivity contribution in [1.29, 1.82) is 0 Å². The van der Waals surface area contributed by atoms with E-state index in [0.717, 1.165) is 23.9 Å². The number of carbonyl (C=O) groups is 1. The predicted molar refractivity (Wildman–Crippen MR) is 81.5 cm³/mol. The number of nitrogens with one attached hydrogen (secondary N) is 1. The first kappa shape index (κ1) is 12.9. The van der Waals surface area contributed by atoms with Crippen LogP contribution in [0.1, 0.15) is 24.8 Å². The van der Waals surface area contributed by atoms with E-state index in [2.05, 4.69) is 5.32 Å². The molecule has 0 unspecified atom stereocenters. The number of ether oxygens (including phenoxy) is 2. The second-order valence-electron chi connectivity index (χ2n) is 7.45. The number of hydrogen-bond donors (Lipinski definition) is 1. The largest absolute Gasteiger partial charge is 0.446 e. The molecule has 1 aromatic carbocycles. The molecule has 0 radical (unpaired) electrons. The van der Waals surface area contributed by atoms with Crippen molar-refractivity contribution in [2.45, 2.75) is 44.5 Å². The number of benzene rings is 1. The Morgan fingerprint density at radius 2 is 2.00 bits per heavy atom. The van der Waals surface area contributed by atoms with Crippen LogP contribution in [0.25, 0.3) is 0 Å². The van der Waals surface area contributed by atoms with Gasteiger partial charge >= 0.3 is 6.09 Å². The summed E-state index contributed by atoms with van der Waals surface area (Å²) in [7, 11) is 0. The van der Waals surface area contributed by atoms with E-state index in [1.54, 1.807) is 0 Å². The topological polar surface area (TPSA) is 50.9 Å². The molecule has 0 spiro atoms. The minimum Gasteiger partial charge on any atom is -0.446 e. The Balaban J connectivity index is 1.22. The monoisotopic (exact) mass is 299 g/mol. The van der Waals surface area contributed by atoms with Crippen LogP contribution < -0.4 is 5.32 Å². The van der Waals surface area contributed by atoms with Crippen LogP contribution in [-0.2, 0) is 9.47 Å². The van der Waals surface area contributed by atoms with Gasteiger partial charge in [0.25, 0.3) is 0 Å². The van der Waals surface area contributed by atoms with Crippen molar-refractivity contribution in [2.24, 2.45) is 23.7 Å². The smallest absolute Gasteiger partial charge is 0.411 e. The lowest BCUT2D eigenvalue weighted by molar-refractivity contribution is 0.0251. The fourth-order valence-electron chi connectivity index (χ4n) is 5.32. The van der Waals surface area contributed by atoms with Crippen LogP contribution >= 0.6 is 0 Å². The zero-order chi connectivity index (χ0) is 14.8. The molecule has 4 aliphatic rings. The maximum Gasteiger partial charge on any atom is 0.411 e. The zero-order valence-electron chi connectivity index (χ0n) is 12.7. The highest BCUT2D eigenvalue weighted by Crippen LogP contribution is 2.64. The van der Waals surface area contributed by atoms with Gasteiger partial charge < -0.3 is 9.47 Å². The summed E-state index contributed by atoms with van der Waals surface area (Å²) in [5, 5.41) is 2.85. The van der Waals surface area contributed by atoms with Crippen LogP contribution in [0.5, 0.6) is 0 Å². The van der Waals surface area contributed by atoms with Crippen molar-refractivity contribution in [3.8, 4) is 0 Å². The first-order valence-corrected chi connectivity index (χ1v) is 8.39. The number of amides is 1. The first-order chi connectivity index (χ1) is 10.7. The molecule has 0 aromatic heterocycles. The summed E-state index contributed by atoms with van der Waals surface area (Å²) in [6.07, 6.45) is 4.31. The van der Waals surface area contributed by atoms with Gasteiger partial charge in [-0.05, 0) is 62.0 Å². The molecular weight excluding hydrogens is 278 g/mol. The van der Waals surface area contributed by atoms with Crippen LogP contribution in [0.4, 0.5) is 10.5 Å². The highest BCUT2D eigenvalue weighted by atomic mass is 16.6. The Kier molecular flexibility index (Phi) is 2.63. The van der Waals surface area contributed by atoms with Gasteiger partial charge in [-0.1, -0.05) is 17.7 Å². The van der Waals surface area contributed by atoms with Crippen LogP contribution in [0.3, 0.4) is 0 Å². The Morgan fingerprint density at radius 3 is 2.82 bits per heavy atom. The molecule has 1 saturated heterocycles. The summed E-state index contributed by atoms with van der Waals surface area (Å²) in [4.78, 5) is 12.1. The minimum absolute atomic E-state index is 0.106. The molecule has 1 aliphatic heterocycles. The van der Waals surface area contributed by atoms with Gasteiger partial charge in [0.15, 0.2) is 0 Å². The molecule has 4 fully saturated rings. The van der Waals surface area contributed by atoms with Crippen molar-refractivity contribution in [1.82, 2.24) is 0 Å². The molecule has 7 atom stereocenters. The van der Waals surface area contributed by atoms with Gasteiger partial charge in [-0.15, -0.1) is 0 Å². The van der Waals surface area contributed by atoms with E-state index >= 15 is 0 Å². The SMILES string of the molecule is Cc1ccc(NC(=O)O[C@@H]2C[C@@H]3C[C@@H]2[C@H]2C[C@H]4O[C@@H]4[C@H]32)cc1. The van der Waals surface area contributed by atoms with E-state index in [1.165, 1.54) is 18.4 Å². The molecular formula is C18H21NO3. The summed E-state index contributed by atoms with van der Waals surface area (Å²) in [5.41, 5.74) is 1.98. The van der Waals surface area contributed by atoms with Crippen LogP contribution in [0.2, 0.25) is 0 Å². The molecule has 5 rings (SSSR count). The molecule has 2 bridgehead atoms. The molecule has 4 nitrogen and oxygen atoms in total. The van der Waals surface area contributed by atoms with Crippen molar-refractivity contribution in [3.05, 3.63) is 29.8 Å². The number of epoxide rings is 1. The molecule has 1 aromatic rings. The van der Waals surface area contributed by atoms with E-state index in [-0.39, 0.29) is 12.2 Å². The third-order valence-corrected chi connectivity index (χ3v) is 6.24. The molecule has 1 N–H and O–H groups in total. The average molecular weight is 299 g/mol. The summed E-state index contributed by atoms with van der Waals surface area (Å²) in [6.45, 7) is 2.03. The lowest BCUT2D eigenvalue weighted by atomic mass is 9.79. The van der Waals surface area contributed by atoms with Gasteiger partial charge in [0.05, 0.1) is 12.2 Å². The number of aryl methyl sites for hydroxylation is 1. The summed E-state index contributed by atoms with van der Waals surface area (Å²) in [5.74, 6) is 2.77. The summed E-state index contributed by atoms with van der Waals surface area (Å²) < 4.78 is 11.5. The van der Waals surface area contributed by atoms with Crippen molar-refractivity contribution >= 4 is 11.8 Å². The Morgan fingerprint density at radius 1 is 1.18 bits per heavy atom. The predicted octanol–water partition coefficient (Wildman–Crippen LogP) is 3.36. The molecule has 116 valence electrons. The van der Waals surface area contributed by atoms with Gasteiger partial charge in [-0.3, -0.25) is 5.32 Å². The fourth-order valence-corrected chi connectivity index (χ4v) is 5.32. The average Bonchev–Trinajstić information content (AvgIpc) is 2.84. The maximum atomic E-state index is 12.1. The van der Waals surface area contributed by atoms with Crippen LogP contribution in [0.15, 0.2) is 24.3 Å². The minimum atomic E-state index is -0.308. The molecule has 22 heavy (non-hydrogen) atoms. The van der Waals surface area contributed by atoms with Crippen LogP contribution in [0, 0.1) is 30.6 Å². The first-order valence-electron chi connectivity index (χ1n) is 8.39. The second-order valence-corrected chi connectivity index (χ2v) is 7.45. The van der Waals surface area contributed by atoms with E-state index in [0.29, 0.717) is 24.0 Å². The quantitative estimate of drug-likeness (QED) is 0.852. The maximum absolute atomic E-state index is 12.1. The van der Waals surface area contributed by atoms with E-state index in [1.807, 2.05) is 31.2 Å². The number of rotatable bonds is 2. The van der Waals surface area contributed by atoms with Gasteiger partial charge in [0.2, 0.25) is 0 Å². The van der Waals surface area contributed by atoms with Gasteiger partial charge in [-0.25, -0.2) is 4.79 Å². The number of hydrogen-bond acceptors (Lipinski definition) is 3. The third-order valence-electron chi connectivity index (χ3n) is 6.24. The lowest BCUT2D eigenvalue weighted by Crippen LogP contribution is -2.35. The van der Waals surface area contributed by atoms with Crippen molar-refractivity contribution < 1.29 is 14.3 Å². The highest BCUT2D eigenvalue weighted by molar-refractivity contribution is 5.84. The van der Waals surface area contributed by atoms with Crippen molar-refractivity contribution in [3.63, 3.8) is 0 Å². The van der Waals surface area contributed by atoms with E-state index < -0.39 is 0 Å². The fraction of sp³-hybridized carbons (Fsp3) is 0.611. The second kappa shape index (κ2) is 4.48. The number of anilines is 1. The molecule has 1 amide bonds. The molecule has 1 heterocycles. The standard InChI is InChI=1S/C18H21NO3/c1-9-2-4-11(5-3-9)19-18(20)22-14-7-10-6-12(14)13-8-15-17(21-15)16(10)13/h2-5,10,12-17H,6-8H2,1H3,(H,19,20)/t10-,12+,13+,14+,15+,16+,17-/m0/s1. The van der Waals surface area contributed by atoms with E-state index in [9.17, 15) is 4.79 Å². The van der Waals surface area contributed by atoms with Crippen molar-refractivity contribution in [2.75, 3.05) is 5.32 Å². The van der Waals surface area contributed by atoms with Gasteiger partial charge in [0, 0.05) is 5.69 Å². The zero-order valence-corrected chi connectivity index (χ0v) is 12.7. The molecule has 3 aliphatic carbocycles. The summed E-state index contributed by atoms with van der Waals surface area (Å²) in [6, 6.07) is 7.80. The normalized spacial score (nSPS) is 43.6. The molecule has 3 saturated carbocycles. The van der Waals surface area contributed by atoms with Crippen LogP contribution in [-0.4, -0.2) is 24.4 Å². The Hall–Kier alpha value is -1.55.